The Morgan fingerprint density at radius 3 is 2.91 bits per heavy atom. The van der Waals surface area contributed by atoms with Crippen LogP contribution in [0.1, 0.15) is 22.5 Å². The van der Waals surface area contributed by atoms with Gasteiger partial charge in [0.2, 0.25) is 0 Å². The van der Waals surface area contributed by atoms with Crippen molar-refractivity contribution in [1.29, 1.82) is 0 Å². The minimum atomic E-state index is -0.853. The minimum absolute atomic E-state index is 0.192. The molecule has 1 amide bonds. The fraction of sp³-hybridized carbons (Fsp3) is 0.312. The zero-order valence-electron chi connectivity index (χ0n) is 12.3. The van der Waals surface area contributed by atoms with Crippen LogP contribution in [0.4, 0.5) is 0 Å². The number of carbonyl (C=O) groups excluding carboxylic acids is 1. The fourth-order valence-corrected chi connectivity index (χ4v) is 3.09. The maximum Gasteiger partial charge on any atom is 0.308 e. The van der Waals surface area contributed by atoms with Crippen LogP contribution < -0.4 is 4.74 Å². The van der Waals surface area contributed by atoms with Gasteiger partial charge in [0.25, 0.3) is 5.91 Å². The Hall–Kier alpha value is -2.41. The van der Waals surface area contributed by atoms with Crippen molar-refractivity contribution in [3.8, 4) is 5.75 Å². The van der Waals surface area contributed by atoms with E-state index in [1.165, 1.54) is 11.3 Å². The van der Waals surface area contributed by atoms with E-state index in [1.807, 2.05) is 5.38 Å². The monoisotopic (exact) mass is 332 g/mol. The Labute approximate surface area is 137 Å². The molecule has 1 aliphatic rings. The molecule has 23 heavy (non-hydrogen) atoms. The smallest absolute Gasteiger partial charge is 0.308 e. The average molecular weight is 332 g/mol. The molecule has 1 saturated heterocycles. The van der Waals surface area contributed by atoms with Gasteiger partial charge in [-0.25, -0.2) is 4.98 Å². The van der Waals surface area contributed by atoms with Crippen LogP contribution in [0.3, 0.4) is 0 Å². The van der Waals surface area contributed by atoms with Crippen molar-refractivity contribution >= 4 is 23.2 Å². The highest BCUT2D eigenvalue weighted by Gasteiger charge is 2.32. The lowest BCUT2D eigenvalue weighted by molar-refractivity contribution is -0.141. The van der Waals surface area contributed by atoms with Crippen molar-refractivity contribution in [3.05, 3.63) is 46.4 Å². The summed E-state index contributed by atoms with van der Waals surface area (Å²) in [5, 5.41) is 11.0. The summed E-state index contributed by atoms with van der Waals surface area (Å²) in [6.45, 7) is 0.996. The molecular formula is C16H16N2O4S. The lowest BCUT2D eigenvalue weighted by Gasteiger charge is -2.18. The number of aliphatic carboxylic acids is 1. The van der Waals surface area contributed by atoms with Gasteiger partial charge in [-0.1, -0.05) is 12.1 Å². The number of rotatable bonds is 5. The molecule has 0 spiro atoms. The Kier molecular flexibility index (Phi) is 4.57. The van der Waals surface area contributed by atoms with Gasteiger partial charge in [-0.3, -0.25) is 9.59 Å². The van der Waals surface area contributed by atoms with Crippen LogP contribution in [-0.4, -0.2) is 40.0 Å². The largest absolute Gasteiger partial charge is 0.486 e. The maximum absolute atomic E-state index is 12.6. The molecule has 0 radical (unpaired) electrons. The molecule has 1 aromatic carbocycles. The van der Waals surface area contributed by atoms with Gasteiger partial charge in [-0.15, -0.1) is 11.3 Å². The Balaban J connectivity index is 1.72. The summed E-state index contributed by atoms with van der Waals surface area (Å²) in [5.74, 6) is -1.04. The third kappa shape index (κ3) is 3.50. The molecule has 0 saturated carbocycles. The molecule has 0 aliphatic carbocycles. The second-order valence-corrected chi connectivity index (χ2v) is 6.06. The highest BCUT2D eigenvalue weighted by molar-refractivity contribution is 7.07. The molecule has 120 valence electrons. The van der Waals surface area contributed by atoms with Gasteiger partial charge in [-0.2, -0.15) is 0 Å². The second-order valence-electron chi connectivity index (χ2n) is 5.34. The fourth-order valence-electron chi connectivity index (χ4n) is 2.55. The van der Waals surface area contributed by atoms with Crippen molar-refractivity contribution < 1.29 is 19.4 Å². The van der Waals surface area contributed by atoms with Crippen LogP contribution in [0.15, 0.2) is 35.2 Å². The molecule has 1 aromatic heterocycles. The van der Waals surface area contributed by atoms with Gasteiger partial charge in [0, 0.05) is 18.5 Å². The topological polar surface area (TPSA) is 79.7 Å². The van der Waals surface area contributed by atoms with Crippen molar-refractivity contribution in [2.45, 2.75) is 13.0 Å². The zero-order valence-corrected chi connectivity index (χ0v) is 13.2. The third-order valence-corrected chi connectivity index (χ3v) is 4.44. The van der Waals surface area contributed by atoms with Gasteiger partial charge >= 0.3 is 5.97 Å². The van der Waals surface area contributed by atoms with Gasteiger partial charge in [-0.05, 0) is 18.6 Å². The van der Waals surface area contributed by atoms with Crippen LogP contribution in [0.25, 0.3) is 0 Å². The first kappa shape index (κ1) is 15.5. The van der Waals surface area contributed by atoms with Crippen LogP contribution >= 0.6 is 11.3 Å². The van der Waals surface area contributed by atoms with Gasteiger partial charge in [0.1, 0.15) is 12.4 Å². The SMILES string of the molecule is O=C(O)[C@@H]1CCN(C(=O)c2ccccc2OCc2cscn2)C1. The number of hydrogen-bond acceptors (Lipinski definition) is 5. The van der Waals surface area contributed by atoms with E-state index in [0.29, 0.717) is 30.9 Å². The van der Waals surface area contributed by atoms with E-state index in [0.717, 1.165) is 5.69 Å². The first-order valence-electron chi connectivity index (χ1n) is 7.26. The Morgan fingerprint density at radius 1 is 1.39 bits per heavy atom. The van der Waals surface area contributed by atoms with Gasteiger partial charge < -0.3 is 14.7 Å². The first-order chi connectivity index (χ1) is 11.1. The number of aromatic nitrogens is 1. The molecule has 3 rings (SSSR count). The standard InChI is InChI=1S/C16H16N2O4S/c19-15(18-6-5-11(7-18)16(20)21)13-3-1-2-4-14(13)22-8-12-9-23-10-17-12/h1-4,9-11H,5-8H2,(H,20,21)/t11-/m1/s1. The number of carboxylic acid groups (broad SMARTS) is 1. The number of thiazole rings is 1. The van der Waals surface area contributed by atoms with Crippen molar-refractivity contribution in [1.82, 2.24) is 9.88 Å². The number of benzene rings is 1. The van der Waals surface area contributed by atoms with Gasteiger partial charge in [0.05, 0.1) is 22.7 Å². The van der Waals surface area contributed by atoms with Crippen LogP contribution in [0, 0.1) is 5.92 Å². The summed E-state index contributed by atoms with van der Waals surface area (Å²) < 4.78 is 5.72. The van der Waals surface area contributed by atoms with Gasteiger partial charge in [0.15, 0.2) is 0 Å². The highest BCUT2D eigenvalue weighted by Crippen LogP contribution is 2.25. The molecule has 0 bridgehead atoms. The Morgan fingerprint density at radius 2 is 2.22 bits per heavy atom. The predicted octanol–water partition coefficient (Wildman–Crippen LogP) is 2.27. The average Bonchev–Trinajstić information content (AvgIpc) is 3.24. The van der Waals surface area contributed by atoms with E-state index in [1.54, 1.807) is 34.7 Å². The quantitative estimate of drug-likeness (QED) is 0.908. The minimum Gasteiger partial charge on any atom is -0.486 e. The van der Waals surface area contributed by atoms with Crippen LogP contribution in [0.2, 0.25) is 0 Å². The van der Waals surface area contributed by atoms with Crippen LogP contribution in [-0.2, 0) is 11.4 Å². The lowest BCUT2D eigenvalue weighted by Crippen LogP contribution is -2.30. The highest BCUT2D eigenvalue weighted by atomic mass is 32.1. The summed E-state index contributed by atoms with van der Waals surface area (Å²) in [7, 11) is 0. The number of likely N-dealkylation sites (tertiary alicyclic amines) is 1. The first-order valence-corrected chi connectivity index (χ1v) is 8.20. The van der Waals surface area contributed by atoms with E-state index in [4.69, 9.17) is 9.84 Å². The van der Waals surface area contributed by atoms with E-state index >= 15 is 0 Å². The van der Waals surface area contributed by atoms with Crippen molar-refractivity contribution in [2.24, 2.45) is 5.92 Å². The summed E-state index contributed by atoms with van der Waals surface area (Å²) in [6.07, 6.45) is 0.489. The van der Waals surface area contributed by atoms with Crippen molar-refractivity contribution in [3.63, 3.8) is 0 Å². The maximum atomic E-state index is 12.6. The van der Waals surface area contributed by atoms with E-state index < -0.39 is 11.9 Å². The molecule has 2 heterocycles. The normalized spacial score (nSPS) is 17.2. The van der Waals surface area contributed by atoms with E-state index in [9.17, 15) is 9.59 Å². The molecule has 7 heteroatoms. The third-order valence-electron chi connectivity index (χ3n) is 3.80. The molecule has 2 aromatic rings. The summed E-state index contributed by atoms with van der Waals surface area (Å²) in [5.41, 5.74) is 2.99. The number of para-hydroxylation sites is 1. The number of ether oxygens (including phenoxy) is 1. The number of nitrogens with zero attached hydrogens (tertiary/aromatic N) is 2. The zero-order chi connectivity index (χ0) is 16.2. The lowest BCUT2D eigenvalue weighted by atomic mass is 10.1. The number of hydrogen-bond donors (Lipinski definition) is 1. The molecule has 6 nitrogen and oxygen atoms in total. The molecule has 1 N–H and O–H groups in total. The summed E-state index contributed by atoms with van der Waals surface area (Å²) in [4.78, 5) is 29.4. The molecule has 1 atom stereocenters. The molecule has 0 unspecified atom stereocenters. The molecule has 1 fully saturated rings. The van der Waals surface area contributed by atoms with E-state index in [2.05, 4.69) is 4.98 Å². The summed E-state index contributed by atoms with van der Waals surface area (Å²) in [6, 6.07) is 7.02. The second kappa shape index (κ2) is 6.78. The summed E-state index contributed by atoms with van der Waals surface area (Å²) >= 11 is 1.49. The molecular weight excluding hydrogens is 316 g/mol. The number of carboxylic acids is 1. The van der Waals surface area contributed by atoms with E-state index in [-0.39, 0.29) is 12.5 Å². The Bertz CT molecular complexity index is 702. The predicted molar refractivity (Wildman–Crippen MR) is 84.5 cm³/mol. The number of carbonyl (C=O) groups is 2. The number of amides is 1. The molecule has 1 aliphatic heterocycles. The van der Waals surface area contributed by atoms with Crippen molar-refractivity contribution in [2.75, 3.05) is 13.1 Å². The van der Waals surface area contributed by atoms with Crippen LogP contribution in [0.5, 0.6) is 5.75 Å².